The summed E-state index contributed by atoms with van der Waals surface area (Å²) >= 11 is 1.70. The van der Waals surface area contributed by atoms with Gasteiger partial charge in [0.15, 0.2) is 6.17 Å². The van der Waals surface area contributed by atoms with Gasteiger partial charge in [-0.05, 0) is 61.6 Å². The predicted octanol–water partition coefficient (Wildman–Crippen LogP) is 4.56. The standard InChI is InChI=1S/C26H29N5OS/c1-18-16-23(32)31-24(21-8-10-22(33-2)11-9-21)28-25(29-26(31)27-18)30-14-12-20(13-15-30)17-19-6-4-3-5-7-19/h3-11,16,20,24H,12-15,17H2,1-2H3,(H,27,28,29)/t24-/m1/s1. The Balaban J connectivity index is 1.39. The summed E-state index contributed by atoms with van der Waals surface area (Å²) in [6.45, 7) is 3.74. The van der Waals surface area contributed by atoms with E-state index in [4.69, 9.17) is 4.99 Å². The van der Waals surface area contributed by atoms with Crippen LogP contribution in [0, 0.1) is 12.8 Å². The van der Waals surface area contributed by atoms with Crippen LogP contribution < -0.4 is 10.9 Å². The quantitative estimate of drug-likeness (QED) is 0.580. The zero-order chi connectivity index (χ0) is 22.8. The summed E-state index contributed by atoms with van der Waals surface area (Å²) in [5.41, 5.74) is 3.01. The monoisotopic (exact) mass is 459 g/mol. The number of hydrogen-bond donors (Lipinski definition) is 1. The van der Waals surface area contributed by atoms with Crippen LogP contribution >= 0.6 is 11.8 Å². The minimum Gasteiger partial charge on any atom is -0.343 e. The molecule has 0 amide bonds. The van der Waals surface area contributed by atoms with Crippen molar-refractivity contribution < 1.29 is 0 Å². The van der Waals surface area contributed by atoms with Crippen molar-refractivity contribution in [2.75, 3.05) is 24.7 Å². The number of thioether (sulfide) groups is 1. The Labute approximate surface area is 198 Å². The van der Waals surface area contributed by atoms with E-state index in [1.165, 1.54) is 10.5 Å². The number of aliphatic imine (C=N–C) groups is 1. The van der Waals surface area contributed by atoms with E-state index in [2.05, 4.69) is 76.1 Å². The molecule has 2 aromatic carbocycles. The van der Waals surface area contributed by atoms with E-state index in [0.717, 1.165) is 43.9 Å². The molecule has 1 N–H and O–H groups in total. The molecule has 170 valence electrons. The molecule has 2 aliphatic heterocycles. The average Bonchev–Trinajstić information content (AvgIpc) is 2.84. The van der Waals surface area contributed by atoms with Crippen LogP contribution in [0.2, 0.25) is 0 Å². The molecule has 0 saturated carbocycles. The summed E-state index contributed by atoms with van der Waals surface area (Å²) < 4.78 is 1.66. The molecule has 3 heterocycles. The average molecular weight is 460 g/mol. The molecule has 1 fully saturated rings. The molecule has 0 radical (unpaired) electrons. The molecule has 0 aliphatic carbocycles. The van der Waals surface area contributed by atoms with Gasteiger partial charge < -0.3 is 4.90 Å². The van der Waals surface area contributed by atoms with Crippen molar-refractivity contribution in [1.29, 1.82) is 0 Å². The number of piperidine rings is 1. The maximum Gasteiger partial charge on any atom is 0.257 e. The van der Waals surface area contributed by atoms with Crippen molar-refractivity contribution in [2.45, 2.75) is 37.2 Å². The van der Waals surface area contributed by atoms with Gasteiger partial charge in [0, 0.05) is 29.7 Å². The van der Waals surface area contributed by atoms with Crippen LogP contribution in [0.3, 0.4) is 0 Å². The number of hydrogen-bond acceptors (Lipinski definition) is 6. The fourth-order valence-electron chi connectivity index (χ4n) is 4.69. The maximum absolute atomic E-state index is 12.9. The molecule has 1 saturated heterocycles. The molecule has 3 aromatic rings. The van der Waals surface area contributed by atoms with Crippen LogP contribution in [-0.4, -0.2) is 39.8 Å². The first-order chi connectivity index (χ1) is 16.1. The van der Waals surface area contributed by atoms with Gasteiger partial charge in [0.1, 0.15) is 0 Å². The molecule has 7 heteroatoms. The van der Waals surface area contributed by atoms with E-state index in [-0.39, 0.29) is 5.56 Å². The lowest BCUT2D eigenvalue weighted by atomic mass is 9.90. The van der Waals surface area contributed by atoms with Crippen molar-refractivity contribution in [3.05, 3.63) is 87.8 Å². The second kappa shape index (κ2) is 9.43. The number of nitrogens with zero attached hydrogens (tertiary/aromatic N) is 4. The Morgan fingerprint density at radius 1 is 1.06 bits per heavy atom. The third-order valence-corrected chi connectivity index (χ3v) is 7.23. The molecule has 0 spiro atoms. The van der Waals surface area contributed by atoms with Crippen LogP contribution in [0.4, 0.5) is 5.95 Å². The molecule has 6 nitrogen and oxygen atoms in total. The highest BCUT2D eigenvalue weighted by atomic mass is 32.2. The number of anilines is 1. The minimum absolute atomic E-state index is 0.0895. The van der Waals surface area contributed by atoms with Crippen molar-refractivity contribution in [1.82, 2.24) is 14.5 Å². The van der Waals surface area contributed by atoms with Gasteiger partial charge in [-0.25, -0.2) is 9.98 Å². The van der Waals surface area contributed by atoms with Gasteiger partial charge in [0.05, 0.1) is 0 Å². The number of benzene rings is 2. The van der Waals surface area contributed by atoms with Crippen molar-refractivity contribution in [3.63, 3.8) is 0 Å². The molecule has 5 rings (SSSR count). The summed E-state index contributed by atoms with van der Waals surface area (Å²) in [6, 6.07) is 20.6. The van der Waals surface area contributed by atoms with E-state index in [9.17, 15) is 4.79 Å². The molecule has 0 unspecified atom stereocenters. The number of guanidine groups is 1. The molecule has 0 bridgehead atoms. The number of likely N-dealkylation sites (tertiary alicyclic amines) is 1. The normalized spacial score (nSPS) is 18.4. The van der Waals surface area contributed by atoms with Gasteiger partial charge in [0.25, 0.3) is 5.56 Å². The highest BCUT2D eigenvalue weighted by molar-refractivity contribution is 7.98. The first kappa shape index (κ1) is 21.8. The lowest BCUT2D eigenvalue weighted by molar-refractivity contribution is 0.262. The zero-order valence-corrected chi connectivity index (χ0v) is 19.9. The Kier molecular flexibility index (Phi) is 6.22. The highest BCUT2D eigenvalue weighted by Crippen LogP contribution is 2.29. The fraction of sp³-hybridized carbons (Fsp3) is 0.346. The topological polar surface area (TPSA) is 62.5 Å². The number of aryl methyl sites for hydroxylation is 1. The van der Waals surface area contributed by atoms with Crippen LogP contribution in [0.5, 0.6) is 0 Å². The summed E-state index contributed by atoms with van der Waals surface area (Å²) in [4.78, 5) is 26.0. The van der Waals surface area contributed by atoms with Crippen LogP contribution in [0.25, 0.3) is 0 Å². The first-order valence-electron chi connectivity index (χ1n) is 11.5. The van der Waals surface area contributed by atoms with E-state index < -0.39 is 6.17 Å². The minimum atomic E-state index is -0.421. The molecule has 1 aromatic heterocycles. The molecular weight excluding hydrogens is 430 g/mol. The second-order valence-electron chi connectivity index (χ2n) is 8.77. The van der Waals surface area contributed by atoms with Gasteiger partial charge in [-0.15, -0.1) is 11.8 Å². The molecule has 1 atom stereocenters. The fourth-order valence-corrected chi connectivity index (χ4v) is 5.10. The lowest BCUT2D eigenvalue weighted by Crippen LogP contribution is -2.46. The largest absolute Gasteiger partial charge is 0.343 e. The van der Waals surface area contributed by atoms with Crippen molar-refractivity contribution in [2.24, 2.45) is 10.9 Å². The van der Waals surface area contributed by atoms with E-state index in [0.29, 0.717) is 17.6 Å². The third kappa shape index (κ3) is 4.69. The van der Waals surface area contributed by atoms with Gasteiger partial charge in [-0.2, -0.15) is 0 Å². The van der Waals surface area contributed by atoms with E-state index >= 15 is 0 Å². The van der Waals surface area contributed by atoms with E-state index in [1.54, 1.807) is 22.4 Å². The van der Waals surface area contributed by atoms with Crippen molar-refractivity contribution in [3.8, 4) is 0 Å². The summed E-state index contributed by atoms with van der Waals surface area (Å²) in [5.74, 6) is 2.05. The molecule has 33 heavy (non-hydrogen) atoms. The number of nitrogens with one attached hydrogen (secondary N) is 1. The summed E-state index contributed by atoms with van der Waals surface area (Å²) in [6.07, 6.45) is 5.00. The lowest BCUT2D eigenvalue weighted by Gasteiger charge is -2.37. The van der Waals surface area contributed by atoms with Crippen LogP contribution in [-0.2, 0) is 6.42 Å². The van der Waals surface area contributed by atoms with Crippen LogP contribution in [0.15, 0.2) is 75.3 Å². The van der Waals surface area contributed by atoms with Gasteiger partial charge in [-0.3, -0.25) is 14.7 Å². The molecular formula is C26H29N5OS. The zero-order valence-electron chi connectivity index (χ0n) is 19.1. The summed E-state index contributed by atoms with van der Waals surface area (Å²) in [7, 11) is 0. The maximum atomic E-state index is 12.9. The number of rotatable bonds is 4. The highest BCUT2D eigenvalue weighted by Gasteiger charge is 2.29. The number of aromatic nitrogens is 2. The van der Waals surface area contributed by atoms with E-state index in [1.807, 2.05) is 6.92 Å². The number of fused-ring (bicyclic) bond motifs is 1. The SMILES string of the molecule is CSc1ccc([C@@H]2N=C(N3CCC(Cc4ccccc4)CC3)Nc3nc(C)cc(=O)n32)cc1. The Morgan fingerprint density at radius 3 is 2.48 bits per heavy atom. The predicted molar refractivity (Wildman–Crippen MR) is 135 cm³/mol. The first-order valence-corrected chi connectivity index (χ1v) is 12.7. The van der Waals surface area contributed by atoms with Crippen LogP contribution in [0.1, 0.15) is 35.8 Å². The second-order valence-corrected chi connectivity index (χ2v) is 9.65. The van der Waals surface area contributed by atoms with Gasteiger partial charge >= 0.3 is 0 Å². The Morgan fingerprint density at radius 2 is 1.79 bits per heavy atom. The van der Waals surface area contributed by atoms with Gasteiger partial charge in [0.2, 0.25) is 11.9 Å². The molecule has 2 aliphatic rings. The summed E-state index contributed by atoms with van der Waals surface area (Å²) in [5, 5.41) is 3.36. The van der Waals surface area contributed by atoms with Crippen molar-refractivity contribution >= 4 is 23.7 Å². The Hall–Kier alpha value is -3.06. The van der Waals surface area contributed by atoms with Gasteiger partial charge in [-0.1, -0.05) is 42.5 Å². The smallest absolute Gasteiger partial charge is 0.257 e. The third-order valence-electron chi connectivity index (χ3n) is 6.49. The Bertz CT molecular complexity index is 1200.